The van der Waals surface area contributed by atoms with Gasteiger partial charge in [0.25, 0.3) is 5.91 Å². The van der Waals surface area contributed by atoms with Gasteiger partial charge in [0.15, 0.2) is 0 Å². The largest absolute Gasteiger partial charge is 0.481 e. The van der Waals surface area contributed by atoms with Gasteiger partial charge in [-0.15, -0.1) is 10.2 Å². The van der Waals surface area contributed by atoms with Crippen LogP contribution >= 0.6 is 11.6 Å². The molecule has 2 aliphatic rings. The second kappa shape index (κ2) is 19.0. The number of benzene rings is 2. The van der Waals surface area contributed by atoms with E-state index in [2.05, 4.69) is 29.3 Å². The quantitative estimate of drug-likeness (QED) is 0.432. The smallest absolute Gasteiger partial charge is 0.306 e. The van der Waals surface area contributed by atoms with Gasteiger partial charge in [-0.25, -0.2) is 0 Å². The summed E-state index contributed by atoms with van der Waals surface area (Å²) in [5.41, 5.74) is 1.32. The summed E-state index contributed by atoms with van der Waals surface area (Å²) in [7, 11) is 0. The van der Waals surface area contributed by atoms with Crippen molar-refractivity contribution in [3.8, 4) is 0 Å². The summed E-state index contributed by atoms with van der Waals surface area (Å²) in [6.45, 7) is 8.61. The maximum Gasteiger partial charge on any atom is 0.306 e. The second-order valence-electron chi connectivity index (χ2n) is 7.94. The topological polar surface area (TPSA) is 106 Å². The van der Waals surface area contributed by atoms with Gasteiger partial charge in [0.05, 0.1) is 19.6 Å². The van der Waals surface area contributed by atoms with Crippen molar-refractivity contribution in [1.29, 1.82) is 0 Å². The minimum atomic E-state index is -1.07. The van der Waals surface area contributed by atoms with Gasteiger partial charge < -0.3 is 19.2 Å². The summed E-state index contributed by atoms with van der Waals surface area (Å²) in [6, 6.07) is 19.7. The Balaban J connectivity index is 0.000000293. The SMILES string of the molecule is C1CC1.CC.Cc1ccccc1.Cc1nnc(CN2CCOC(CC(=O)O)C2=O)o1.Clc1ccccc1. The molecule has 8 nitrogen and oxygen atoms in total. The Morgan fingerprint density at radius 3 is 1.95 bits per heavy atom. The number of rotatable bonds is 4. The number of nitrogens with zero attached hydrogens (tertiary/aromatic N) is 3. The zero-order chi connectivity index (χ0) is 27.5. The highest BCUT2D eigenvalue weighted by atomic mass is 35.5. The molecule has 202 valence electrons. The van der Waals surface area contributed by atoms with Crippen LogP contribution in [-0.2, 0) is 20.9 Å². The highest BCUT2D eigenvalue weighted by molar-refractivity contribution is 6.30. The van der Waals surface area contributed by atoms with E-state index in [0.29, 0.717) is 24.9 Å². The maximum absolute atomic E-state index is 11.9. The molecule has 1 saturated heterocycles. The molecule has 2 aromatic carbocycles. The summed E-state index contributed by atoms with van der Waals surface area (Å²) in [4.78, 5) is 24.0. The van der Waals surface area contributed by atoms with Crippen LogP contribution in [-0.4, -0.2) is 51.3 Å². The van der Waals surface area contributed by atoms with Crippen molar-refractivity contribution in [3.05, 3.63) is 83.0 Å². The van der Waals surface area contributed by atoms with Crippen LogP contribution in [0.4, 0.5) is 0 Å². The number of hydrogen-bond acceptors (Lipinski definition) is 6. The summed E-state index contributed by atoms with van der Waals surface area (Å²) < 4.78 is 10.3. The van der Waals surface area contributed by atoms with Crippen LogP contribution in [0.2, 0.25) is 5.02 Å². The van der Waals surface area contributed by atoms with Crippen LogP contribution in [0.1, 0.15) is 56.9 Å². The molecule has 0 bridgehead atoms. The molecule has 3 aromatic rings. The van der Waals surface area contributed by atoms with Gasteiger partial charge in [-0.1, -0.05) is 98.8 Å². The minimum absolute atomic E-state index is 0.180. The highest BCUT2D eigenvalue weighted by Gasteiger charge is 2.32. The zero-order valence-corrected chi connectivity index (χ0v) is 22.9. The third-order valence-electron chi connectivity index (χ3n) is 4.55. The number of carbonyl (C=O) groups excluding carboxylic acids is 1. The Morgan fingerprint density at radius 2 is 1.57 bits per heavy atom. The average Bonchev–Trinajstić information content (AvgIpc) is 3.73. The minimum Gasteiger partial charge on any atom is -0.481 e. The second-order valence-corrected chi connectivity index (χ2v) is 8.38. The standard InChI is InChI=1S/C10H13N3O5.C7H8.C6H5Cl.C3H6.C2H6/c1-6-11-12-8(18-6)5-13-2-3-17-7(10(13)16)4-9(14)15;1-7-5-3-2-4-6-7;7-6-4-2-1-3-5-6;1-2-3-1;1-2/h7H,2-5H2,1H3,(H,14,15);2-6H,1H3;1-5H;1-3H2;1-2H3. The van der Waals surface area contributed by atoms with Gasteiger partial charge in [-0.05, 0) is 19.1 Å². The van der Waals surface area contributed by atoms with Crippen molar-refractivity contribution in [2.45, 2.75) is 66.0 Å². The number of carboxylic acid groups (broad SMARTS) is 1. The lowest BCUT2D eigenvalue weighted by atomic mass is 10.2. The summed E-state index contributed by atoms with van der Waals surface area (Å²) in [5, 5.41) is 16.9. The van der Waals surface area contributed by atoms with Crippen molar-refractivity contribution in [2.24, 2.45) is 0 Å². The van der Waals surface area contributed by atoms with E-state index in [9.17, 15) is 9.59 Å². The molecule has 2 fully saturated rings. The summed E-state index contributed by atoms with van der Waals surface area (Å²) in [5.74, 6) is -0.673. The third kappa shape index (κ3) is 15.5. The van der Waals surface area contributed by atoms with E-state index < -0.39 is 12.1 Å². The number of carbonyl (C=O) groups is 2. The molecule has 2 heterocycles. The number of amides is 1. The number of aromatic nitrogens is 2. The molecule has 1 aromatic heterocycles. The number of ether oxygens (including phenoxy) is 1. The molecular weight excluding hydrogens is 494 g/mol. The van der Waals surface area contributed by atoms with Crippen LogP contribution in [0.25, 0.3) is 0 Å². The molecular formula is C28H38ClN3O5. The number of halogens is 1. The molecule has 5 rings (SSSR count). The number of aryl methyl sites for hydroxylation is 2. The van der Waals surface area contributed by atoms with Crippen molar-refractivity contribution < 1.29 is 23.8 Å². The van der Waals surface area contributed by atoms with Crippen molar-refractivity contribution in [3.63, 3.8) is 0 Å². The van der Waals surface area contributed by atoms with Crippen LogP contribution < -0.4 is 0 Å². The molecule has 1 unspecified atom stereocenters. The Labute approximate surface area is 224 Å². The Hall–Kier alpha value is -3.23. The molecule has 9 heteroatoms. The monoisotopic (exact) mass is 531 g/mol. The first kappa shape index (κ1) is 31.8. The lowest BCUT2D eigenvalue weighted by Crippen LogP contribution is -2.47. The zero-order valence-electron chi connectivity index (χ0n) is 22.1. The number of hydrogen-bond donors (Lipinski definition) is 1. The fourth-order valence-electron chi connectivity index (χ4n) is 2.67. The number of aliphatic carboxylic acids is 1. The van der Waals surface area contributed by atoms with E-state index in [0.717, 1.165) is 5.02 Å². The van der Waals surface area contributed by atoms with Crippen LogP contribution in [0, 0.1) is 13.8 Å². The average molecular weight is 532 g/mol. The normalized spacial score (nSPS) is 15.2. The van der Waals surface area contributed by atoms with Crippen molar-refractivity contribution >= 4 is 23.5 Å². The van der Waals surface area contributed by atoms with Crippen molar-refractivity contribution in [1.82, 2.24) is 15.1 Å². The van der Waals surface area contributed by atoms with Gasteiger partial charge in [-0.3, -0.25) is 9.59 Å². The first-order chi connectivity index (χ1) is 17.8. The van der Waals surface area contributed by atoms with Crippen LogP contribution in [0.3, 0.4) is 0 Å². The molecule has 0 radical (unpaired) electrons. The van der Waals surface area contributed by atoms with E-state index >= 15 is 0 Å². The molecule has 1 atom stereocenters. The lowest BCUT2D eigenvalue weighted by molar-refractivity contribution is -0.160. The summed E-state index contributed by atoms with van der Waals surface area (Å²) >= 11 is 5.54. The predicted octanol–water partition coefficient (Wildman–Crippen LogP) is 6.11. The van der Waals surface area contributed by atoms with Gasteiger partial charge in [-0.2, -0.15) is 0 Å². The third-order valence-corrected chi connectivity index (χ3v) is 4.80. The Morgan fingerprint density at radius 1 is 1.00 bits per heavy atom. The Kier molecular flexibility index (Phi) is 16.3. The summed E-state index contributed by atoms with van der Waals surface area (Å²) in [6.07, 6.45) is 3.23. The van der Waals surface area contributed by atoms with Gasteiger partial charge in [0.2, 0.25) is 11.8 Å². The van der Waals surface area contributed by atoms with E-state index in [-0.39, 0.29) is 18.9 Å². The lowest BCUT2D eigenvalue weighted by Gasteiger charge is -2.30. The molecule has 1 N–H and O–H groups in total. The molecule has 1 aliphatic heterocycles. The Bertz CT molecular complexity index is 973. The van der Waals surface area contributed by atoms with Gasteiger partial charge >= 0.3 is 5.97 Å². The first-order valence-corrected chi connectivity index (χ1v) is 12.9. The van der Waals surface area contributed by atoms with Crippen LogP contribution in [0.15, 0.2) is 65.1 Å². The van der Waals surface area contributed by atoms with E-state index in [4.69, 9.17) is 25.9 Å². The highest BCUT2D eigenvalue weighted by Crippen LogP contribution is 2.15. The van der Waals surface area contributed by atoms with Crippen LogP contribution in [0.5, 0.6) is 0 Å². The maximum atomic E-state index is 11.9. The van der Waals surface area contributed by atoms with Crippen molar-refractivity contribution in [2.75, 3.05) is 13.2 Å². The predicted molar refractivity (Wildman–Crippen MR) is 144 cm³/mol. The van der Waals surface area contributed by atoms with E-state index in [1.165, 1.54) is 29.7 Å². The molecule has 1 aliphatic carbocycles. The molecule has 1 amide bonds. The van der Waals surface area contributed by atoms with Gasteiger partial charge in [0, 0.05) is 18.5 Å². The molecule has 0 spiro atoms. The fourth-order valence-corrected chi connectivity index (χ4v) is 2.81. The van der Waals surface area contributed by atoms with E-state index in [1.54, 1.807) is 6.92 Å². The first-order valence-electron chi connectivity index (χ1n) is 12.5. The molecule has 37 heavy (non-hydrogen) atoms. The van der Waals surface area contributed by atoms with Gasteiger partial charge in [0.1, 0.15) is 6.10 Å². The molecule has 1 saturated carbocycles. The number of morpholine rings is 1. The van der Waals surface area contributed by atoms with E-state index in [1.807, 2.05) is 62.4 Å². The fraction of sp³-hybridized carbons (Fsp3) is 0.429. The number of carboxylic acids is 1.